The molecule has 0 saturated heterocycles. The van der Waals surface area contributed by atoms with Gasteiger partial charge in [-0.2, -0.15) is 0 Å². The summed E-state index contributed by atoms with van der Waals surface area (Å²) in [6.07, 6.45) is 3.21. The third kappa shape index (κ3) is 6.58. The Morgan fingerprint density at radius 3 is 2.65 bits per heavy atom. The number of nitrogens with one attached hydrogen (secondary N) is 1. The summed E-state index contributed by atoms with van der Waals surface area (Å²) in [6.45, 7) is 12.4. The molecular weight excluding hydrogens is 314 g/mol. The average molecular weight is 340 g/mol. The number of halogens is 1. The van der Waals surface area contributed by atoms with E-state index in [-0.39, 0.29) is 5.54 Å². The van der Waals surface area contributed by atoms with Crippen LogP contribution >= 0.6 is 15.9 Å². The summed E-state index contributed by atoms with van der Waals surface area (Å²) in [5.74, 6) is 0.949. The molecule has 112 valence electrons. The standard InChI is InChI=1S/C17H26BrNO/c1-6-9-20-16-8-7-15(18)11-14(16)10-13(2)12-19-17(3,4)5/h7-8,10-11,19H,6,9,12H2,1-5H3. The van der Waals surface area contributed by atoms with E-state index in [0.29, 0.717) is 0 Å². The first-order valence-electron chi connectivity index (χ1n) is 7.16. The van der Waals surface area contributed by atoms with E-state index in [1.54, 1.807) is 0 Å². The molecule has 0 radical (unpaired) electrons. The molecule has 0 aliphatic rings. The van der Waals surface area contributed by atoms with Crippen molar-refractivity contribution in [3.05, 3.63) is 33.8 Å². The first kappa shape index (κ1) is 17.3. The predicted octanol–water partition coefficient (Wildman–Crippen LogP) is 5.03. The largest absolute Gasteiger partial charge is 0.493 e. The summed E-state index contributed by atoms with van der Waals surface area (Å²) < 4.78 is 6.88. The Kier molecular flexibility index (Phi) is 6.77. The lowest BCUT2D eigenvalue weighted by molar-refractivity contribution is 0.316. The van der Waals surface area contributed by atoms with Crippen LogP contribution in [-0.4, -0.2) is 18.7 Å². The Morgan fingerprint density at radius 2 is 2.05 bits per heavy atom. The van der Waals surface area contributed by atoms with Gasteiger partial charge in [0.15, 0.2) is 0 Å². The van der Waals surface area contributed by atoms with E-state index >= 15 is 0 Å². The van der Waals surface area contributed by atoms with Crippen LogP contribution in [0.3, 0.4) is 0 Å². The topological polar surface area (TPSA) is 21.3 Å². The zero-order valence-corrected chi connectivity index (χ0v) is 14.8. The molecule has 0 atom stereocenters. The summed E-state index contributed by atoms with van der Waals surface area (Å²) in [5.41, 5.74) is 2.55. The van der Waals surface area contributed by atoms with Crippen LogP contribution in [0.2, 0.25) is 0 Å². The van der Waals surface area contributed by atoms with Crippen molar-refractivity contribution in [1.29, 1.82) is 0 Å². The van der Waals surface area contributed by atoms with Gasteiger partial charge in [0.05, 0.1) is 6.61 Å². The third-order valence-electron chi connectivity index (χ3n) is 2.73. The normalized spacial score (nSPS) is 12.6. The van der Waals surface area contributed by atoms with Gasteiger partial charge < -0.3 is 10.1 Å². The molecule has 3 heteroatoms. The van der Waals surface area contributed by atoms with Crippen molar-refractivity contribution in [2.75, 3.05) is 13.2 Å². The van der Waals surface area contributed by atoms with Gasteiger partial charge in [0.25, 0.3) is 0 Å². The van der Waals surface area contributed by atoms with Crippen LogP contribution in [0.25, 0.3) is 6.08 Å². The van der Waals surface area contributed by atoms with Crippen molar-refractivity contribution < 1.29 is 4.74 Å². The molecule has 0 fully saturated rings. The van der Waals surface area contributed by atoms with Crippen LogP contribution < -0.4 is 10.1 Å². The molecule has 0 aliphatic heterocycles. The second-order valence-electron chi connectivity index (χ2n) is 6.12. The van der Waals surface area contributed by atoms with Crippen molar-refractivity contribution >= 4 is 22.0 Å². The van der Waals surface area contributed by atoms with E-state index < -0.39 is 0 Å². The van der Waals surface area contributed by atoms with Crippen molar-refractivity contribution in [2.45, 2.75) is 46.6 Å². The fourth-order valence-corrected chi connectivity index (χ4v) is 2.08. The van der Waals surface area contributed by atoms with Gasteiger partial charge in [-0.05, 0) is 52.3 Å². The second-order valence-corrected chi connectivity index (χ2v) is 7.04. The molecule has 0 saturated carbocycles. The maximum atomic E-state index is 5.80. The summed E-state index contributed by atoms with van der Waals surface area (Å²) in [7, 11) is 0. The minimum absolute atomic E-state index is 0.133. The monoisotopic (exact) mass is 339 g/mol. The van der Waals surface area contributed by atoms with E-state index in [4.69, 9.17) is 4.74 Å². The quantitative estimate of drug-likeness (QED) is 0.784. The SMILES string of the molecule is CCCOc1ccc(Br)cc1C=C(C)CNC(C)(C)C. The van der Waals surface area contributed by atoms with E-state index in [9.17, 15) is 0 Å². The van der Waals surface area contributed by atoms with Crippen LogP contribution in [-0.2, 0) is 0 Å². The summed E-state index contributed by atoms with van der Waals surface area (Å²) >= 11 is 3.52. The van der Waals surface area contributed by atoms with Gasteiger partial charge in [-0.25, -0.2) is 0 Å². The average Bonchev–Trinajstić information content (AvgIpc) is 2.35. The van der Waals surface area contributed by atoms with Crippen molar-refractivity contribution in [3.8, 4) is 5.75 Å². The Morgan fingerprint density at radius 1 is 1.35 bits per heavy atom. The second kappa shape index (κ2) is 7.84. The van der Waals surface area contributed by atoms with Gasteiger partial charge in [-0.1, -0.05) is 34.5 Å². The molecule has 0 unspecified atom stereocenters. The Balaban J connectivity index is 2.85. The van der Waals surface area contributed by atoms with E-state index in [1.807, 2.05) is 12.1 Å². The van der Waals surface area contributed by atoms with Crippen LogP contribution in [0, 0.1) is 0 Å². The smallest absolute Gasteiger partial charge is 0.126 e. The van der Waals surface area contributed by atoms with Gasteiger partial charge in [0.1, 0.15) is 5.75 Å². The van der Waals surface area contributed by atoms with Gasteiger partial charge in [0, 0.05) is 22.1 Å². The summed E-state index contributed by atoms with van der Waals surface area (Å²) in [5, 5.41) is 3.50. The maximum Gasteiger partial charge on any atom is 0.126 e. The van der Waals surface area contributed by atoms with Gasteiger partial charge in [-0.15, -0.1) is 0 Å². The van der Waals surface area contributed by atoms with Gasteiger partial charge in [0.2, 0.25) is 0 Å². The highest BCUT2D eigenvalue weighted by Crippen LogP contribution is 2.25. The minimum Gasteiger partial charge on any atom is -0.493 e. The Hall–Kier alpha value is -0.800. The van der Waals surface area contributed by atoms with Crippen LogP contribution in [0.5, 0.6) is 5.75 Å². The molecule has 0 amide bonds. The Bertz CT molecular complexity index is 461. The zero-order chi connectivity index (χ0) is 15.2. The number of ether oxygens (including phenoxy) is 1. The van der Waals surface area contributed by atoms with Crippen LogP contribution in [0.15, 0.2) is 28.2 Å². The number of hydrogen-bond acceptors (Lipinski definition) is 2. The Labute approximate surface area is 131 Å². The van der Waals surface area contributed by atoms with Crippen molar-refractivity contribution in [3.63, 3.8) is 0 Å². The molecule has 2 nitrogen and oxygen atoms in total. The molecule has 1 rings (SSSR count). The van der Waals surface area contributed by atoms with E-state index in [2.05, 4.69) is 68.0 Å². The molecule has 0 aliphatic carbocycles. The van der Waals surface area contributed by atoms with Crippen molar-refractivity contribution in [2.24, 2.45) is 0 Å². The van der Waals surface area contributed by atoms with Crippen LogP contribution in [0.1, 0.15) is 46.6 Å². The molecule has 0 bridgehead atoms. The highest BCUT2D eigenvalue weighted by Gasteiger charge is 2.08. The molecule has 0 spiro atoms. The molecule has 1 aromatic rings. The van der Waals surface area contributed by atoms with Gasteiger partial charge >= 0.3 is 0 Å². The first-order chi connectivity index (χ1) is 9.31. The minimum atomic E-state index is 0.133. The predicted molar refractivity (Wildman–Crippen MR) is 91.3 cm³/mol. The van der Waals surface area contributed by atoms with E-state index in [0.717, 1.165) is 35.4 Å². The van der Waals surface area contributed by atoms with Crippen molar-refractivity contribution in [1.82, 2.24) is 5.32 Å². The molecule has 1 aromatic carbocycles. The number of hydrogen-bond donors (Lipinski definition) is 1. The zero-order valence-electron chi connectivity index (χ0n) is 13.2. The number of benzene rings is 1. The fraction of sp³-hybridized carbons (Fsp3) is 0.529. The number of rotatable bonds is 6. The van der Waals surface area contributed by atoms with Gasteiger partial charge in [-0.3, -0.25) is 0 Å². The molecule has 0 heterocycles. The molecular formula is C17H26BrNO. The highest BCUT2D eigenvalue weighted by molar-refractivity contribution is 9.10. The molecule has 0 aromatic heterocycles. The maximum absolute atomic E-state index is 5.80. The summed E-state index contributed by atoms with van der Waals surface area (Å²) in [4.78, 5) is 0. The first-order valence-corrected chi connectivity index (χ1v) is 7.95. The van der Waals surface area contributed by atoms with E-state index in [1.165, 1.54) is 5.57 Å². The third-order valence-corrected chi connectivity index (χ3v) is 3.23. The molecule has 20 heavy (non-hydrogen) atoms. The lowest BCUT2D eigenvalue weighted by Gasteiger charge is -2.21. The fourth-order valence-electron chi connectivity index (χ4n) is 1.70. The summed E-state index contributed by atoms with van der Waals surface area (Å²) in [6, 6.07) is 6.15. The van der Waals surface area contributed by atoms with Crippen LogP contribution in [0.4, 0.5) is 0 Å². The lowest BCUT2D eigenvalue weighted by Crippen LogP contribution is -2.36. The lowest BCUT2D eigenvalue weighted by atomic mass is 10.1. The highest BCUT2D eigenvalue weighted by atomic mass is 79.9. The molecule has 1 N–H and O–H groups in total.